The number of nitrogens with one attached hydrogen (secondary N) is 1. The summed E-state index contributed by atoms with van der Waals surface area (Å²) in [5.41, 5.74) is 16.5. The Hall–Kier alpha value is -3.99. The number of anilines is 4. The summed E-state index contributed by atoms with van der Waals surface area (Å²) in [5, 5.41) is 4.77. The Morgan fingerprint density at radius 1 is 0.800 bits per heavy atom. The van der Waals surface area contributed by atoms with Crippen LogP contribution in [0.5, 0.6) is 5.75 Å². The van der Waals surface area contributed by atoms with Gasteiger partial charge in [0.1, 0.15) is 17.4 Å². The second-order valence-corrected chi connectivity index (χ2v) is 16.9. The molecule has 0 aliphatic carbocycles. The lowest BCUT2D eigenvalue weighted by Gasteiger charge is -2.31. The first-order valence-electron chi connectivity index (χ1n) is 18.4. The fourth-order valence-corrected chi connectivity index (χ4v) is 8.07. The molecule has 0 unspecified atom stereocenters. The molecule has 3 aliphatic heterocycles. The molecule has 14 nitrogen and oxygen atoms in total. The molecule has 0 radical (unpaired) electrons. The Bertz CT molecular complexity index is 2010. The summed E-state index contributed by atoms with van der Waals surface area (Å²) < 4.78 is 39.5. The van der Waals surface area contributed by atoms with Gasteiger partial charge in [-0.2, -0.15) is 9.97 Å². The number of sulfone groups is 1. The van der Waals surface area contributed by atoms with Crippen LogP contribution in [-0.2, 0) is 19.3 Å². The highest BCUT2D eigenvalue weighted by Gasteiger charge is 2.29. The van der Waals surface area contributed by atoms with Crippen molar-refractivity contribution < 1.29 is 22.6 Å². The second kappa shape index (κ2) is 18.3. The zero-order valence-electron chi connectivity index (χ0n) is 31.4. The maximum atomic E-state index is 11.3. The van der Waals surface area contributed by atoms with E-state index in [1.807, 2.05) is 32.0 Å². The van der Waals surface area contributed by atoms with Crippen LogP contribution in [0, 0.1) is 13.8 Å². The minimum atomic E-state index is -3.24. The fourth-order valence-electron chi connectivity index (χ4n) is 7.10. The molecule has 296 valence electrons. The predicted octanol–water partition coefficient (Wildman–Crippen LogP) is 5.78. The summed E-state index contributed by atoms with van der Waals surface area (Å²) in [6.07, 6.45) is 5.25. The number of benzene rings is 2. The zero-order chi connectivity index (χ0) is 39.1. The fraction of sp³-hybridized carbons (Fsp3) is 0.474. The third-order valence-corrected chi connectivity index (χ3v) is 10.8. The van der Waals surface area contributed by atoms with Crippen LogP contribution in [0.2, 0.25) is 10.0 Å². The Labute approximate surface area is 332 Å². The first kappa shape index (κ1) is 40.7. The minimum absolute atomic E-state index is 0.000660. The molecule has 5 N–H and O–H groups in total. The molecule has 0 amide bonds. The average Bonchev–Trinajstić information content (AvgIpc) is 3.40. The number of aromatic nitrogens is 4. The number of nitrogens with zero attached hydrogens (tertiary/aromatic N) is 6. The van der Waals surface area contributed by atoms with E-state index in [-0.39, 0.29) is 18.0 Å². The van der Waals surface area contributed by atoms with Crippen molar-refractivity contribution in [1.82, 2.24) is 25.3 Å². The van der Waals surface area contributed by atoms with Crippen molar-refractivity contribution in [1.29, 1.82) is 0 Å². The smallest absolute Gasteiger partial charge is 0.222 e. The maximum Gasteiger partial charge on any atom is 0.222 e. The molecule has 3 saturated heterocycles. The lowest BCUT2D eigenvalue weighted by Crippen LogP contribution is -2.32. The minimum Gasteiger partial charge on any atom is -0.478 e. The molecular weight excluding hydrogens is 765 g/mol. The normalized spacial score (nSPS) is 20.6. The van der Waals surface area contributed by atoms with Crippen molar-refractivity contribution in [2.45, 2.75) is 57.7 Å². The number of hydrogen-bond donors (Lipinski definition) is 3. The lowest BCUT2D eigenvalue weighted by atomic mass is 9.99. The summed E-state index contributed by atoms with van der Waals surface area (Å²) in [6.45, 7) is 8.81. The number of halogens is 2. The molecule has 2 aromatic carbocycles. The highest BCUT2D eigenvalue weighted by molar-refractivity contribution is 7.90. The summed E-state index contributed by atoms with van der Waals surface area (Å²) in [5.74, 6) is 2.04. The van der Waals surface area contributed by atoms with Crippen LogP contribution in [0.3, 0.4) is 0 Å². The van der Waals surface area contributed by atoms with Gasteiger partial charge in [0.25, 0.3) is 0 Å². The summed E-state index contributed by atoms with van der Waals surface area (Å²) >= 11 is 13.3. The number of hydrogen-bond acceptors (Lipinski definition) is 14. The summed E-state index contributed by atoms with van der Waals surface area (Å²) in [6, 6.07) is 15.7. The highest BCUT2D eigenvalue weighted by atomic mass is 35.5. The van der Waals surface area contributed by atoms with Crippen molar-refractivity contribution in [3.63, 3.8) is 0 Å². The van der Waals surface area contributed by atoms with Crippen LogP contribution in [0.4, 0.5) is 23.5 Å². The van der Waals surface area contributed by atoms with Crippen molar-refractivity contribution >= 4 is 56.6 Å². The molecule has 2 aromatic heterocycles. The first-order valence-corrected chi connectivity index (χ1v) is 21.2. The van der Waals surface area contributed by atoms with Crippen LogP contribution in [-0.4, -0.2) is 86.6 Å². The molecule has 0 bridgehead atoms. The van der Waals surface area contributed by atoms with Gasteiger partial charge < -0.3 is 40.8 Å². The molecule has 3 aliphatic rings. The summed E-state index contributed by atoms with van der Waals surface area (Å²) in [4.78, 5) is 21.5. The average molecular weight is 815 g/mol. The second-order valence-electron chi connectivity index (χ2n) is 14.0. The Kier molecular flexibility index (Phi) is 13.5. The van der Waals surface area contributed by atoms with Crippen molar-refractivity contribution in [3.8, 4) is 5.75 Å². The summed E-state index contributed by atoms with van der Waals surface area (Å²) in [7, 11) is -3.24. The molecule has 3 fully saturated rings. The highest BCUT2D eigenvalue weighted by Crippen LogP contribution is 2.37. The molecule has 3 atom stereocenters. The van der Waals surface area contributed by atoms with Gasteiger partial charge in [0, 0.05) is 72.2 Å². The van der Waals surface area contributed by atoms with Crippen molar-refractivity contribution in [2.24, 2.45) is 0 Å². The number of ether oxygens (including phenoxy) is 3. The van der Waals surface area contributed by atoms with Gasteiger partial charge >= 0.3 is 0 Å². The number of nitrogens with two attached hydrogens (primary N) is 2. The Morgan fingerprint density at radius 3 is 1.82 bits per heavy atom. The Morgan fingerprint density at radius 2 is 1.35 bits per heavy atom. The van der Waals surface area contributed by atoms with Gasteiger partial charge in [-0.15, -0.1) is 0 Å². The number of nitrogen functional groups attached to an aromatic ring is 2. The maximum absolute atomic E-state index is 11.3. The topological polar surface area (TPSA) is 184 Å². The molecule has 0 spiro atoms. The Balaban J connectivity index is 0.000000187. The SMILES string of the molecule is Cc1cc(N2CCCOC[C@@H]2c2ccc(OCS(C)(=O)=O)cc2Cl)nc(N)n1.Cc1cc(N2CCCOC[C@@H]2c2ccc([C@H]3CCCN3)cc2Cl)nc(N)n1. The van der Waals surface area contributed by atoms with Gasteiger partial charge in [-0.05, 0) is 81.0 Å². The van der Waals surface area contributed by atoms with Crippen molar-refractivity contribution in [3.05, 3.63) is 86.7 Å². The van der Waals surface area contributed by atoms with Crippen LogP contribution >= 0.6 is 23.2 Å². The quantitative estimate of drug-likeness (QED) is 0.195. The van der Waals surface area contributed by atoms with Gasteiger partial charge in [0.05, 0.1) is 25.3 Å². The molecule has 5 heterocycles. The van der Waals surface area contributed by atoms with E-state index in [4.69, 9.17) is 48.9 Å². The van der Waals surface area contributed by atoms with E-state index in [1.165, 1.54) is 12.0 Å². The third kappa shape index (κ3) is 10.9. The van der Waals surface area contributed by atoms with Gasteiger partial charge in [0.2, 0.25) is 11.9 Å². The van der Waals surface area contributed by atoms with E-state index < -0.39 is 15.8 Å². The van der Waals surface area contributed by atoms with E-state index >= 15 is 0 Å². The van der Waals surface area contributed by atoms with Gasteiger partial charge in [0.15, 0.2) is 15.8 Å². The van der Waals surface area contributed by atoms with Crippen LogP contribution in [0.25, 0.3) is 0 Å². The van der Waals surface area contributed by atoms with E-state index in [0.29, 0.717) is 48.4 Å². The molecule has 0 saturated carbocycles. The molecule has 17 heteroatoms. The molecular formula is C38H49Cl2N9O5S. The van der Waals surface area contributed by atoms with Gasteiger partial charge in [-0.3, -0.25) is 0 Å². The molecule has 7 rings (SSSR count). The number of rotatable bonds is 8. The molecule has 55 heavy (non-hydrogen) atoms. The lowest BCUT2D eigenvalue weighted by molar-refractivity contribution is 0.134. The third-order valence-electron chi connectivity index (χ3n) is 9.60. The van der Waals surface area contributed by atoms with Gasteiger partial charge in [-0.1, -0.05) is 41.4 Å². The first-order chi connectivity index (χ1) is 26.3. The predicted molar refractivity (Wildman–Crippen MR) is 217 cm³/mol. The largest absolute Gasteiger partial charge is 0.478 e. The van der Waals surface area contributed by atoms with E-state index in [2.05, 4.69) is 53.3 Å². The van der Waals surface area contributed by atoms with Crippen LogP contribution in [0.15, 0.2) is 48.5 Å². The zero-order valence-corrected chi connectivity index (χ0v) is 33.7. The van der Waals surface area contributed by atoms with E-state index in [0.717, 1.165) is 85.1 Å². The van der Waals surface area contributed by atoms with Crippen molar-refractivity contribution in [2.75, 3.05) is 79.5 Å². The van der Waals surface area contributed by atoms with E-state index in [1.54, 1.807) is 12.1 Å². The van der Waals surface area contributed by atoms with Crippen LogP contribution in [0.1, 0.15) is 71.9 Å². The van der Waals surface area contributed by atoms with E-state index in [9.17, 15) is 8.42 Å². The monoisotopic (exact) mass is 813 g/mol. The van der Waals surface area contributed by atoms with Crippen LogP contribution < -0.4 is 31.3 Å². The standard InChI is InChI=1S/C20H26ClN5O.C18H23ClN4O4S/c1-13-10-19(25-20(22)24-13)26-8-3-9-27-12-18(26)15-6-5-14(11-16(15)21)17-4-2-7-23-17;1-12-8-17(22-18(20)21-12)23-6-3-7-26-10-16(23)14-5-4-13(9-15(14)19)27-11-28(2,24)25/h5-6,10-11,17-18,23H,2-4,7-9,12H2,1H3,(H2,22,24,25);4-5,8-9,16H,3,6-7,10-11H2,1-2H3,(H2,20,21,22)/t17-,18-;16-/m11/s1. The van der Waals surface area contributed by atoms with Gasteiger partial charge in [-0.25, -0.2) is 18.4 Å². The number of aryl methyl sites for hydroxylation is 2. The molecule has 4 aromatic rings.